The zero-order chi connectivity index (χ0) is 14.1. The van der Waals surface area contributed by atoms with E-state index in [-0.39, 0.29) is 30.0 Å². The van der Waals surface area contributed by atoms with Gasteiger partial charge in [0.05, 0.1) is 6.61 Å². The van der Waals surface area contributed by atoms with E-state index in [2.05, 4.69) is 22.1 Å². The fourth-order valence-corrected chi connectivity index (χ4v) is 2.48. The molecule has 2 atom stereocenters. The summed E-state index contributed by atoms with van der Waals surface area (Å²) >= 11 is 0. The second-order valence-electron chi connectivity index (χ2n) is 5.69. The van der Waals surface area contributed by atoms with E-state index >= 15 is 0 Å². The molecule has 0 bridgehead atoms. The number of methoxy groups -OCH3 is 1. The number of rotatable bonds is 7. The van der Waals surface area contributed by atoms with Crippen LogP contribution in [-0.4, -0.2) is 56.8 Å². The number of aliphatic imine (C=N–C) groups is 1. The van der Waals surface area contributed by atoms with Crippen molar-refractivity contribution in [3.63, 3.8) is 0 Å². The molecule has 0 amide bonds. The van der Waals surface area contributed by atoms with Crippen LogP contribution in [0.1, 0.15) is 33.1 Å². The van der Waals surface area contributed by atoms with Crippen LogP contribution in [0.5, 0.6) is 0 Å². The predicted molar refractivity (Wildman–Crippen MR) is 95.8 cm³/mol. The lowest BCUT2D eigenvalue weighted by Crippen LogP contribution is -2.41. The molecule has 0 aromatic heterocycles. The maximum Gasteiger partial charge on any atom is 0.188 e. The standard InChI is InChI=1S/C14H30N4O.HI/c1-12(10-18-7-5-4-6-8-18)9-16-14(15)17-13(2)11-19-3;/h12-13H,4-11H2,1-3H3,(H3,15,16,17);1H. The third-order valence-electron chi connectivity index (χ3n) is 3.40. The number of nitrogens with two attached hydrogens (primary N) is 1. The van der Waals surface area contributed by atoms with E-state index in [0.717, 1.165) is 13.1 Å². The Morgan fingerprint density at radius 2 is 1.95 bits per heavy atom. The molecule has 2 unspecified atom stereocenters. The Balaban J connectivity index is 0.00000361. The summed E-state index contributed by atoms with van der Waals surface area (Å²) in [4.78, 5) is 6.96. The summed E-state index contributed by atoms with van der Waals surface area (Å²) in [5.41, 5.74) is 5.86. The Bertz CT molecular complexity index is 270. The number of likely N-dealkylation sites (tertiary alicyclic amines) is 1. The van der Waals surface area contributed by atoms with E-state index in [1.54, 1.807) is 7.11 Å². The third kappa shape index (κ3) is 8.97. The number of hydrogen-bond acceptors (Lipinski definition) is 3. The van der Waals surface area contributed by atoms with Crippen LogP contribution in [-0.2, 0) is 4.74 Å². The van der Waals surface area contributed by atoms with Crippen LogP contribution in [0.4, 0.5) is 0 Å². The molecule has 20 heavy (non-hydrogen) atoms. The summed E-state index contributed by atoms with van der Waals surface area (Å²) in [6.07, 6.45) is 4.07. The molecule has 3 N–H and O–H groups in total. The first-order valence-corrected chi connectivity index (χ1v) is 7.39. The zero-order valence-electron chi connectivity index (χ0n) is 13.1. The monoisotopic (exact) mass is 398 g/mol. The second-order valence-corrected chi connectivity index (χ2v) is 5.69. The SMILES string of the molecule is COCC(C)NC(N)=NCC(C)CN1CCCCC1.I. The third-order valence-corrected chi connectivity index (χ3v) is 3.40. The first-order valence-electron chi connectivity index (χ1n) is 7.39. The van der Waals surface area contributed by atoms with Gasteiger partial charge in [0, 0.05) is 26.2 Å². The average molecular weight is 398 g/mol. The molecule has 0 radical (unpaired) electrons. The molecule has 0 aromatic rings. The molecule has 1 heterocycles. The number of nitrogens with one attached hydrogen (secondary N) is 1. The van der Waals surface area contributed by atoms with Gasteiger partial charge in [-0.05, 0) is 38.8 Å². The highest BCUT2D eigenvalue weighted by Crippen LogP contribution is 2.10. The largest absolute Gasteiger partial charge is 0.383 e. The van der Waals surface area contributed by atoms with Crippen LogP contribution in [0.25, 0.3) is 0 Å². The van der Waals surface area contributed by atoms with Gasteiger partial charge in [0.1, 0.15) is 0 Å². The van der Waals surface area contributed by atoms with Gasteiger partial charge in [0.2, 0.25) is 0 Å². The van der Waals surface area contributed by atoms with E-state index in [1.807, 2.05) is 6.92 Å². The predicted octanol–water partition coefficient (Wildman–Crippen LogP) is 1.67. The topological polar surface area (TPSA) is 62.9 Å². The van der Waals surface area contributed by atoms with Crippen molar-refractivity contribution < 1.29 is 4.74 Å². The summed E-state index contributed by atoms with van der Waals surface area (Å²) in [6.45, 7) is 9.31. The minimum Gasteiger partial charge on any atom is -0.383 e. The number of halogens is 1. The van der Waals surface area contributed by atoms with Crippen molar-refractivity contribution in [2.75, 3.05) is 39.9 Å². The zero-order valence-corrected chi connectivity index (χ0v) is 15.4. The Hall–Kier alpha value is -0.0800. The average Bonchev–Trinajstić information content (AvgIpc) is 2.38. The smallest absolute Gasteiger partial charge is 0.188 e. The summed E-state index contributed by atoms with van der Waals surface area (Å²) in [5, 5.41) is 3.13. The molecule has 1 fully saturated rings. The summed E-state index contributed by atoms with van der Waals surface area (Å²) in [6, 6.07) is 0.200. The highest BCUT2D eigenvalue weighted by molar-refractivity contribution is 14.0. The van der Waals surface area contributed by atoms with Crippen LogP contribution in [0.3, 0.4) is 0 Å². The van der Waals surface area contributed by atoms with Gasteiger partial charge in [-0.1, -0.05) is 13.3 Å². The van der Waals surface area contributed by atoms with E-state index in [4.69, 9.17) is 10.5 Å². The molecule has 0 saturated carbocycles. The van der Waals surface area contributed by atoms with Crippen LogP contribution < -0.4 is 11.1 Å². The Kier molecular flexibility index (Phi) is 11.5. The number of hydrogen-bond donors (Lipinski definition) is 2. The minimum absolute atomic E-state index is 0. The van der Waals surface area contributed by atoms with E-state index in [9.17, 15) is 0 Å². The highest BCUT2D eigenvalue weighted by atomic mass is 127. The van der Waals surface area contributed by atoms with Crippen molar-refractivity contribution in [2.45, 2.75) is 39.2 Å². The number of guanidine groups is 1. The van der Waals surface area contributed by atoms with Crippen LogP contribution in [0, 0.1) is 5.92 Å². The van der Waals surface area contributed by atoms with Crippen molar-refractivity contribution in [1.29, 1.82) is 0 Å². The quantitative estimate of drug-likeness (QED) is 0.389. The van der Waals surface area contributed by atoms with E-state index < -0.39 is 0 Å². The Labute approximate surface area is 140 Å². The van der Waals surface area contributed by atoms with Gasteiger partial charge in [0.15, 0.2) is 5.96 Å². The molecule has 0 aliphatic carbocycles. The molecule has 120 valence electrons. The van der Waals surface area contributed by atoms with Gasteiger partial charge in [0.25, 0.3) is 0 Å². The lowest BCUT2D eigenvalue weighted by Gasteiger charge is -2.28. The van der Waals surface area contributed by atoms with Gasteiger partial charge < -0.3 is 20.7 Å². The Morgan fingerprint density at radius 1 is 1.30 bits per heavy atom. The van der Waals surface area contributed by atoms with E-state index in [0.29, 0.717) is 18.5 Å². The number of piperidine rings is 1. The normalized spacial score (nSPS) is 20.1. The van der Waals surface area contributed by atoms with Crippen molar-refractivity contribution in [3.8, 4) is 0 Å². The summed E-state index contributed by atoms with van der Waals surface area (Å²) < 4.78 is 5.05. The molecule has 0 aromatic carbocycles. The van der Waals surface area contributed by atoms with Crippen LogP contribution in [0.15, 0.2) is 4.99 Å². The van der Waals surface area contributed by atoms with Crippen molar-refractivity contribution >= 4 is 29.9 Å². The van der Waals surface area contributed by atoms with Gasteiger partial charge >= 0.3 is 0 Å². The maximum atomic E-state index is 5.86. The Morgan fingerprint density at radius 3 is 2.55 bits per heavy atom. The molecule has 6 heteroatoms. The van der Waals surface area contributed by atoms with Gasteiger partial charge in [-0.25, -0.2) is 0 Å². The lowest BCUT2D eigenvalue weighted by molar-refractivity contribution is 0.179. The van der Waals surface area contributed by atoms with Crippen molar-refractivity contribution in [3.05, 3.63) is 0 Å². The van der Waals surface area contributed by atoms with Crippen LogP contribution in [0.2, 0.25) is 0 Å². The molecule has 1 aliphatic heterocycles. The number of nitrogens with zero attached hydrogens (tertiary/aromatic N) is 2. The minimum atomic E-state index is 0. The molecular formula is C14H31IN4O. The maximum absolute atomic E-state index is 5.86. The fraction of sp³-hybridized carbons (Fsp3) is 0.929. The van der Waals surface area contributed by atoms with Crippen molar-refractivity contribution in [2.24, 2.45) is 16.6 Å². The molecule has 5 nitrogen and oxygen atoms in total. The fourth-order valence-electron chi connectivity index (χ4n) is 2.48. The number of ether oxygens (including phenoxy) is 1. The molecule has 1 rings (SSSR count). The molecule has 1 saturated heterocycles. The molecular weight excluding hydrogens is 367 g/mol. The second kappa shape index (κ2) is 11.6. The van der Waals surface area contributed by atoms with Gasteiger partial charge in [-0.15, -0.1) is 24.0 Å². The van der Waals surface area contributed by atoms with E-state index in [1.165, 1.54) is 32.4 Å². The summed E-state index contributed by atoms with van der Waals surface area (Å²) in [5.74, 6) is 1.08. The first-order chi connectivity index (χ1) is 9.11. The first kappa shape index (κ1) is 19.9. The van der Waals surface area contributed by atoms with Gasteiger partial charge in [-0.2, -0.15) is 0 Å². The highest BCUT2D eigenvalue weighted by Gasteiger charge is 2.13. The lowest BCUT2D eigenvalue weighted by atomic mass is 10.1. The van der Waals surface area contributed by atoms with Crippen molar-refractivity contribution in [1.82, 2.24) is 10.2 Å². The van der Waals surface area contributed by atoms with Crippen LogP contribution >= 0.6 is 24.0 Å². The van der Waals surface area contributed by atoms with Gasteiger partial charge in [-0.3, -0.25) is 4.99 Å². The molecule has 1 aliphatic rings. The molecule has 0 spiro atoms. The summed E-state index contributed by atoms with van der Waals surface area (Å²) in [7, 11) is 1.69.